The molecular weight excluding hydrogens is 482 g/mol. The molecule has 0 aliphatic heterocycles. The molecule has 0 fully saturated rings. The molecule has 2 aromatic rings. The van der Waals surface area contributed by atoms with Crippen molar-refractivity contribution in [3.8, 4) is 0 Å². The summed E-state index contributed by atoms with van der Waals surface area (Å²) in [4.78, 5) is 28.6. The quantitative estimate of drug-likeness (QED) is 0.167. The SMILES string of the molecule is C=CCCCC=C.C=CCN(CC=C)C(=O)c1ccc(N(C)C)cc1.CN(C)c1ccc(C(=O)Cl)cc1. The van der Waals surface area contributed by atoms with Gasteiger partial charge in [-0.1, -0.05) is 24.3 Å². The van der Waals surface area contributed by atoms with Crippen LogP contribution in [0.5, 0.6) is 0 Å². The van der Waals surface area contributed by atoms with Crippen molar-refractivity contribution >= 4 is 34.1 Å². The highest BCUT2D eigenvalue weighted by Gasteiger charge is 2.13. The van der Waals surface area contributed by atoms with E-state index < -0.39 is 5.24 Å². The van der Waals surface area contributed by atoms with E-state index in [4.69, 9.17) is 11.6 Å². The first-order valence-electron chi connectivity index (χ1n) is 12.1. The average Bonchev–Trinajstić information content (AvgIpc) is 2.89. The van der Waals surface area contributed by atoms with E-state index in [2.05, 4.69) is 26.3 Å². The van der Waals surface area contributed by atoms with Gasteiger partial charge in [0.25, 0.3) is 11.1 Å². The first kappa shape index (κ1) is 33.4. The maximum absolute atomic E-state index is 12.2. The Balaban J connectivity index is 0.000000586. The predicted molar refractivity (Wildman–Crippen MR) is 162 cm³/mol. The first-order chi connectivity index (χ1) is 17.6. The lowest BCUT2D eigenvalue weighted by molar-refractivity contribution is 0.0790. The predicted octanol–water partition coefficient (Wildman–Crippen LogP) is 7.23. The second-order valence-corrected chi connectivity index (χ2v) is 8.80. The number of carbonyl (C=O) groups is 2. The summed E-state index contributed by atoms with van der Waals surface area (Å²) in [6.45, 7) is 15.6. The molecule has 2 rings (SSSR count). The second kappa shape index (κ2) is 19.6. The molecule has 2 aromatic carbocycles. The van der Waals surface area contributed by atoms with Gasteiger partial charge in [-0.05, 0) is 79.4 Å². The maximum atomic E-state index is 12.2. The number of halogens is 1. The molecule has 200 valence electrons. The lowest BCUT2D eigenvalue weighted by atomic mass is 10.1. The minimum absolute atomic E-state index is 0.0000983. The van der Waals surface area contributed by atoms with E-state index >= 15 is 0 Å². The van der Waals surface area contributed by atoms with Gasteiger partial charge in [-0.3, -0.25) is 9.59 Å². The highest BCUT2D eigenvalue weighted by molar-refractivity contribution is 6.67. The van der Waals surface area contributed by atoms with Crippen molar-refractivity contribution in [3.05, 3.63) is 110 Å². The molecule has 0 bridgehead atoms. The van der Waals surface area contributed by atoms with Crippen LogP contribution in [0.2, 0.25) is 0 Å². The van der Waals surface area contributed by atoms with Gasteiger partial charge < -0.3 is 14.7 Å². The van der Waals surface area contributed by atoms with Gasteiger partial charge >= 0.3 is 0 Å². The number of carbonyl (C=O) groups excluding carboxylic acids is 2. The van der Waals surface area contributed by atoms with Crippen molar-refractivity contribution in [3.63, 3.8) is 0 Å². The zero-order chi connectivity index (χ0) is 28.2. The smallest absolute Gasteiger partial charge is 0.254 e. The number of allylic oxidation sites excluding steroid dienone is 2. The summed E-state index contributed by atoms with van der Waals surface area (Å²) < 4.78 is 0. The zero-order valence-corrected chi connectivity index (χ0v) is 23.6. The molecule has 0 heterocycles. The highest BCUT2D eigenvalue weighted by atomic mass is 35.5. The molecule has 0 atom stereocenters. The summed E-state index contributed by atoms with van der Waals surface area (Å²) in [6.07, 6.45) is 10.7. The molecular formula is C31H42ClN3O2. The Morgan fingerprint density at radius 1 is 0.676 bits per heavy atom. The Morgan fingerprint density at radius 2 is 1.05 bits per heavy atom. The van der Waals surface area contributed by atoms with Crippen LogP contribution >= 0.6 is 11.6 Å². The van der Waals surface area contributed by atoms with Crippen molar-refractivity contribution in [1.82, 2.24) is 4.90 Å². The molecule has 0 aliphatic carbocycles. The van der Waals surface area contributed by atoms with E-state index in [0.717, 1.165) is 24.2 Å². The number of nitrogens with zero attached hydrogens (tertiary/aromatic N) is 3. The molecule has 5 nitrogen and oxygen atoms in total. The third-order valence-electron chi connectivity index (χ3n) is 5.04. The number of hydrogen-bond donors (Lipinski definition) is 0. The van der Waals surface area contributed by atoms with E-state index in [1.807, 2.05) is 86.5 Å². The number of amides is 1. The van der Waals surface area contributed by atoms with Crippen LogP contribution in [0.4, 0.5) is 11.4 Å². The van der Waals surface area contributed by atoms with Gasteiger partial charge in [0.2, 0.25) is 0 Å². The summed E-state index contributed by atoms with van der Waals surface area (Å²) in [5.41, 5.74) is 3.34. The van der Waals surface area contributed by atoms with Gasteiger partial charge in [-0.15, -0.1) is 26.3 Å². The second-order valence-electron chi connectivity index (χ2n) is 8.45. The Bertz CT molecular complexity index is 963. The van der Waals surface area contributed by atoms with Crippen molar-refractivity contribution in [2.45, 2.75) is 19.3 Å². The third kappa shape index (κ3) is 13.9. The number of anilines is 2. The van der Waals surface area contributed by atoms with Gasteiger partial charge in [-0.25, -0.2) is 0 Å². The fourth-order valence-corrected chi connectivity index (χ4v) is 3.06. The molecule has 0 unspecified atom stereocenters. The van der Waals surface area contributed by atoms with E-state index in [1.54, 1.807) is 29.2 Å². The van der Waals surface area contributed by atoms with Gasteiger partial charge in [0.05, 0.1) is 0 Å². The van der Waals surface area contributed by atoms with E-state index in [9.17, 15) is 9.59 Å². The van der Waals surface area contributed by atoms with Crippen LogP contribution in [-0.4, -0.2) is 57.3 Å². The number of hydrogen-bond acceptors (Lipinski definition) is 4. The molecule has 0 spiro atoms. The van der Waals surface area contributed by atoms with Crippen LogP contribution in [0.3, 0.4) is 0 Å². The summed E-state index contributed by atoms with van der Waals surface area (Å²) >= 11 is 5.28. The van der Waals surface area contributed by atoms with E-state index in [1.165, 1.54) is 6.42 Å². The lowest BCUT2D eigenvalue weighted by Gasteiger charge is -2.20. The Hall–Kier alpha value is -3.57. The Morgan fingerprint density at radius 3 is 1.35 bits per heavy atom. The fourth-order valence-electron chi connectivity index (χ4n) is 2.93. The topological polar surface area (TPSA) is 43.9 Å². The Labute approximate surface area is 229 Å². The highest BCUT2D eigenvalue weighted by Crippen LogP contribution is 2.14. The number of benzene rings is 2. The van der Waals surface area contributed by atoms with Crippen molar-refractivity contribution < 1.29 is 9.59 Å². The molecule has 0 aromatic heterocycles. The molecule has 0 aliphatic rings. The molecule has 0 radical (unpaired) electrons. The summed E-state index contributed by atoms with van der Waals surface area (Å²) in [5.74, 6) is 0.0000983. The van der Waals surface area contributed by atoms with Crippen LogP contribution in [-0.2, 0) is 0 Å². The largest absolute Gasteiger partial charge is 0.378 e. The number of rotatable bonds is 12. The normalized spacial score (nSPS) is 9.32. The van der Waals surface area contributed by atoms with E-state index in [-0.39, 0.29) is 5.91 Å². The zero-order valence-electron chi connectivity index (χ0n) is 22.8. The Kier molecular flexibility index (Phi) is 17.7. The minimum Gasteiger partial charge on any atom is -0.378 e. The van der Waals surface area contributed by atoms with Gasteiger partial charge in [0, 0.05) is 63.8 Å². The molecule has 37 heavy (non-hydrogen) atoms. The molecule has 0 saturated carbocycles. The summed E-state index contributed by atoms with van der Waals surface area (Å²) in [5, 5.41) is -0.416. The monoisotopic (exact) mass is 523 g/mol. The molecule has 6 heteroatoms. The van der Waals surface area contributed by atoms with Gasteiger partial charge in [-0.2, -0.15) is 0 Å². The van der Waals surface area contributed by atoms with Crippen LogP contribution < -0.4 is 9.80 Å². The molecule has 1 amide bonds. The van der Waals surface area contributed by atoms with Crippen LogP contribution in [0, 0.1) is 0 Å². The number of unbranched alkanes of at least 4 members (excludes halogenated alkanes) is 2. The van der Waals surface area contributed by atoms with Crippen LogP contribution in [0.1, 0.15) is 40.0 Å². The fraction of sp³-hybridized carbons (Fsp3) is 0.290. The summed E-state index contributed by atoms with van der Waals surface area (Å²) in [7, 11) is 7.83. The van der Waals surface area contributed by atoms with Crippen molar-refractivity contribution in [2.24, 2.45) is 0 Å². The molecule has 0 saturated heterocycles. The van der Waals surface area contributed by atoms with E-state index in [0.29, 0.717) is 24.2 Å². The van der Waals surface area contributed by atoms with Crippen molar-refractivity contribution in [2.75, 3.05) is 51.1 Å². The standard InChI is InChI=1S/C15H20N2O.C9H10ClNO.C7H12/c1-5-11-17(12-6-2)15(18)13-7-9-14(10-8-13)16(3)4;1-11(2)8-5-3-7(4-6-8)9(10)12;1-3-5-7-6-4-2/h5-10H,1-2,11-12H2,3-4H3;3-6H,1-2H3;3-4H,1-2,5-7H2. The maximum Gasteiger partial charge on any atom is 0.254 e. The van der Waals surface area contributed by atoms with Gasteiger partial charge in [0.1, 0.15) is 0 Å². The first-order valence-corrected chi connectivity index (χ1v) is 12.5. The van der Waals surface area contributed by atoms with Crippen LogP contribution in [0.25, 0.3) is 0 Å². The average molecular weight is 524 g/mol. The van der Waals surface area contributed by atoms with Gasteiger partial charge in [0.15, 0.2) is 0 Å². The third-order valence-corrected chi connectivity index (χ3v) is 5.26. The van der Waals surface area contributed by atoms with Crippen molar-refractivity contribution in [1.29, 1.82) is 0 Å². The summed E-state index contributed by atoms with van der Waals surface area (Å²) in [6, 6.07) is 14.7. The molecule has 0 N–H and O–H groups in total. The minimum atomic E-state index is -0.416. The van der Waals surface area contributed by atoms with Crippen LogP contribution in [0.15, 0.2) is 99.2 Å². The lowest BCUT2D eigenvalue weighted by Crippen LogP contribution is -2.31.